The molecule has 25 heavy (non-hydrogen) atoms. The van der Waals surface area contributed by atoms with Gasteiger partial charge in [0.2, 0.25) is 5.91 Å². The molecule has 2 aromatic rings. The molecule has 0 spiro atoms. The summed E-state index contributed by atoms with van der Waals surface area (Å²) >= 11 is 0. The van der Waals surface area contributed by atoms with Crippen molar-refractivity contribution in [3.05, 3.63) is 35.6 Å². The molecule has 0 radical (unpaired) electrons. The van der Waals surface area contributed by atoms with E-state index < -0.39 is 9.84 Å². The molecule has 1 saturated carbocycles. The normalized spacial score (nSPS) is 17.0. The van der Waals surface area contributed by atoms with Crippen LogP contribution < -0.4 is 5.32 Å². The van der Waals surface area contributed by atoms with E-state index in [2.05, 4.69) is 5.32 Å². The highest BCUT2D eigenvalue weighted by Crippen LogP contribution is 2.29. The van der Waals surface area contributed by atoms with E-state index >= 15 is 0 Å². The van der Waals surface area contributed by atoms with Crippen LogP contribution >= 0.6 is 0 Å². The van der Waals surface area contributed by atoms with E-state index in [0.29, 0.717) is 5.76 Å². The van der Waals surface area contributed by atoms with E-state index in [-0.39, 0.29) is 29.4 Å². The molecule has 1 aliphatic rings. The van der Waals surface area contributed by atoms with Gasteiger partial charge in [-0.25, -0.2) is 8.42 Å². The summed E-state index contributed by atoms with van der Waals surface area (Å²) in [6.45, 7) is 3.82. The quantitative estimate of drug-likeness (QED) is 0.849. The molecule has 1 aromatic carbocycles. The summed E-state index contributed by atoms with van der Waals surface area (Å²) in [5.41, 5.74) is 1.79. The molecule has 0 aliphatic heterocycles. The number of para-hydroxylation sites is 1. The summed E-state index contributed by atoms with van der Waals surface area (Å²) in [5, 5.41) is 3.64. The smallest absolute Gasteiger partial charge is 0.221 e. The molecular formula is C19H25NO4S. The van der Waals surface area contributed by atoms with Crippen molar-refractivity contribution in [3.8, 4) is 0 Å². The Morgan fingerprint density at radius 1 is 1.28 bits per heavy atom. The first-order chi connectivity index (χ1) is 11.9. The molecule has 6 heteroatoms. The van der Waals surface area contributed by atoms with Gasteiger partial charge in [0.15, 0.2) is 9.84 Å². The van der Waals surface area contributed by atoms with Crippen LogP contribution in [0.4, 0.5) is 0 Å². The summed E-state index contributed by atoms with van der Waals surface area (Å²) in [6, 6.07) is 7.45. The fourth-order valence-corrected chi connectivity index (χ4v) is 5.49. The van der Waals surface area contributed by atoms with Gasteiger partial charge in [0.05, 0.1) is 17.0 Å². The number of hydrogen-bond donors (Lipinski definition) is 1. The number of furan rings is 1. The average Bonchev–Trinajstić information content (AvgIpc) is 3.22. The molecule has 136 valence electrons. The van der Waals surface area contributed by atoms with Crippen LogP contribution in [0.5, 0.6) is 0 Å². The van der Waals surface area contributed by atoms with Gasteiger partial charge in [-0.2, -0.15) is 0 Å². The van der Waals surface area contributed by atoms with Crippen LogP contribution in [0.15, 0.2) is 28.7 Å². The standard InChI is InChI=1S/C19H25NO4S/c1-13-16-9-5-6-10-17(16)24-19(13)14(2)20-18(21)11-12-25(22,23)15-7-3-4-8-15/h5-6,9-10,14-15H,3-4,7-8,11-12H2,1-2H3,(H,20,21). The zero-order valence-corrected chi connectivity index (χ0v) is 15.6. The molecule has 1 unspecified atom stereocenters. The maximum absolute atomic E-state index is 12.3. The van der Waals surface area contributed by atoms with Crippen LogP contribution in [0.2, 0.25) is 0 Å². The van der Waals surface area contributed by atoms with Gasteiger partial charge in [0.1, 0.15) is 11.3 Å². The number of nitrogens with one attached hydrogen (secondary N) is 1. The van der Waals surface area contributed by atoms with Crippen molar-refractivity contribution in [1.29, 1.82) is 0 Å². The van der Waals surface area contributed by atoms with Crippen LogP contribution in [0.25, 0.3) is 11.0 Å². The van der Waals surface area contributed by atoms with Gasteiger partial charge < -0.3 is 9.73 Å². The fourth-order valence-electron chi connectivity index (χ4n) is 3.63. The second kappa shape index (κ2) is 7.20. The van der Waals surface area contributed by atoms with Gasteiger partial charge in [0.25, 0.3) is 0 Å². The minimum absolute atomic E-state index is 0.00243. The number of rotatable bonds is 6. The number of amides is 1. The number of benzene rings is 1. The molecular weight excluding hydrogens is 338 g/mol. The first-order valence-electron chi connectivity index (χ1n) is 8.87. The molecule has 1 aromatic heterocycles. The van der Waals surface area contributed by atoms with Crippen LogP contribution in [0.1, 0.15) is 56.4 Å². The third kappa shape index (κ3) is 3.89. The Bertz CT molecular complexity index is 863. The molecule has 5 nitrogen and oxygen atoms in total. The Morgan fingerprint density at radius 2 is 1.96 bits per heavy atom. The SMILES string of the molecule is Cc1c(C(C)NC(=O)CCS(=O)(=O)C2CCCC2)oc2ccccc12. The molecule has 0 bridgehead atoms. The van der Waals surface area contributed by atoms with Gasteiger partial charge in [0, 0.05) is 17.4 Å². The molecule has 1 aliphatic carbocycles. The minimum atomic E-state index is -3.17. The second-order valence-corrected chi connectivity index (χ2v) is 9.30. The van der Waals surface area contributed by atoms with Gasteiger partial charge in [-0.1, -0.05) is 31.0 Å². The molecule has 0 saturated heterocycles. The molecule has 1 amide bonds. The Morgan fingerprint density at radius 3 is 2.64 bits per heavy atom. The van der Waals surface area contributed by atoms with E-state index in [9.17, 15) is 13.2 Å². The highest BCUT2D eigenvalue weighted by atomic mass is 32.2. The van der Waals surface area contributed by atoms with Gasteiger partial charge >= 0.3 is 0 Å². The molecule has 1 N–H and O–H groups in total. The first kappa shape index (κ1) is 18.0. The summed E-state index contributed by atoms with van der Waals surface area (Å²) < 4.78 is 30.4. The molecule has 1 fully saturated rings. The fraction of sp³-hybridized carbons (Fsp3) is 0.526. The number of carbonyl (C=O) groups is 1. The van der Waals surface area contributed by atoms with Crippen molar-refractivity contribution in [2.45, 2.75) is 57.2 Å². The summed E-state index contributed by atoms with van der Waals surface area (Å²) in [7, 11) is -3.17. The highest BCUT2D eigenvalue weighted by Gasteiger charge is 2.29. The van der Waals surface area contributed by atoms with E-state index in [1.54, 1.807) is 0 Å². The van der Waals surface area contributed by atoms with Crippen LogP contribution in [0, 0.1) is 6.92 Å². The number of fused-ring (bicyclic) bond motifs is 1. The lowest BCUT2D eigenvalue weighted by Gasteiger charge is -2.14. The zero-order chi connectivity index (χ0) is 18.0. The third-order valence-corrected chi connectivity index (χ3v) is 7.34. The number of sulfone groups is 1. The lowest BCUT2D eigenvalue weighted by atomic mass is 10.1. The van der Waals surface area contributed by atoms with Crippen molar-refractivity contribution in [2.75, 3.05) is 5.75 Å². The van der Waals surface area contributed by atoms with Crippen molar-refractivity contribution in [2.24, 2.45) is 0 Å². The number of aryl methyl sites for hydroxylation is 1. The molecule has 1 heterocycles. The third-order valence-electron chi connectivity index (χ3n) is 5.08. The van der Waals surface area contributed by atoms with E-state index in [1.165, 1.54) is 0 Å². The summed E-state index contributed by atoms with van der Waals surface area (Å²) in [4.78, 5) is 12.2. The Hall–Kier alpha value is -1.82. The number of carbonyl (C=O) groups excluding carboxylic acids is 1. The maximum Gasteiger partial charge on any atom is 0.221 e. The monoisotopic (exact) mass is 363 g/mol. The Labute approximate surface area is 148 Å². The van der Waals surface area contributed by atoms with Crippen LogP contribution in [0.3, 0.4) is 0 Å². The second-order valence-electron chi connectivity index (χ2n) is 6.90. The predicted molar refractivity (Wildman–Crippen MR) is 98.2 cm³/mol. The lowest BCUT2D eigenvalue weighted by Crippen LogP contribution is -2.30. The average molecular weight is 363 g/mol. The maximum atomic E-state index is 12.3. The predicted octanol–water partition coefficient (Wildman–Crippen LogP) is 3.67. The zero-order valence-electron chi connectivity index (χ0n) is 14.7. The van der Waals surface area contributed by atoms with Crippen molar-refractivity contribution < 1.29 is 17.6 Å². The largest absolute Gasteiger partial charge is 0.459 e. The Balaban J connectivity index is 1.61. The topological polar surface area (TPSA) is 76.4 Å². The van der Waals surface area contributed by atoms with Crippen molar-refractivity contribution in [1.82, 2.24) is 5.32 Å². The van der Waals surface area contributed by atoms with Crippen molar-refractivity contribution in [3.63, 3.8) is 0 Å². The lowest BCUT2D eigenvalue weighted by molar-refractivity contribution is -0.121. The van der Waals surface area contributed by atoms with Gasteiger partial charge in [-0.05, 0) is 32.8 Å². The van der Waals surface area contributed by atoms with Crippen LogP contribution in [-0.4, -0.2) is 25.3 Å². The number of hydrogen-bond acceptors (Lipinski definition) is 4. The van der Waals surface area contributed by atoms with E-state index in [0.717, 1.165) is 42.2 Å². The Kier molecular flexibility index (Phi) is 5.18. The van der Waals surface area contributed by atoms with Gasteiger partial charge in [-0.15, -0.1) is 0 Å². The van der Waals surface area contributed by atoms with Crippen LogP contribution in [-0.2, 0) is 14.6 Å². The summed E-state index contributed by atoms with van der Waals surface area (Å²) in [6.07, 6.45) is 3.41. The summed E-state index contributed by atoms with van der Waals surface area (Å²) in [5.74, 6) is 0.386. The minimum Gasteiger partial charge on any atom is -0.459 e. The highest BCUT2D eigenvalue weighted by molar-refractivity contribution is 7.92. The van der Waals surface area contributed by atoms with Crippen molar-refractivity contribution >= 4 is 26.7 Å². The molecule has 1 atom stereocenters. The first-order valence-corrected chi connectivity index (χ1v) is 10.6. The molecule has 3 rings (SSSR count). The van der Waals surface area contributed by atoms with Gasteiger partial charge in [-0.3, -0.25) is 4.79 Å². The van der Waals surface area contributed by atoms with E-state index in [4.69, 9.17) is 4.42 Å². The van der Waals surface area contributed by atoms with E-state index in [1.807, 2.05) is 38.1 Å².